The average molecular weight is 414 g/mol. The van der Waals surface area contributed by atoms with E-state index in [-0.39, 0.29) is 23.7 Å². The van der Waals surface area contributed by atoms with Crippen LogP contribution in [0.3, 0.4) is 0 Å². The summed E-state index contributed by atoms with van der Waals surface area (Å²) >= 11 is 0. The lowest BCUT2D eigenvalue weighted by Gasteiger charge is -2.54. The molecule has 1 aromatic carbocycles. The smallest absolute Gasteiger partial charge is 0.419 e. The van der Waals surface area contributed by atoms with Gasteiger partial charge in [0.1, 0.15) is 17.5 Å². The van der Waals surface area contributed by atoms with Crippen molar-refractivity contribution >= 4 is 11.9 Å². The van der Waals surface area contributed by atoms with Gasteiger partial charge in [0.05, 0.1) is 18.2 Å². The third kappa shape index (κ3) is 3.36. The Morgan fingerprint density at radius 1 is 1.21 bits per heavy atom. The first-order valence-electron chi connectivity index (χ1n) is 9.52. The molecule has 2 aliphatic rings. The lowest BCUT2D eigenvalue weighted by molar-refractivity contribution is -0.187. The molecule has 0 aromatic heterocycles. The van der Waals surface area contributed by atoms with E-state index in [9.17, 15) is 22.8 Å². The van der Waals surface area contributed by atoms with Gasteiger partial charge in [-0.1, -0.05) is 20.8 Å². The Balaban J connectivity index is 2.13. The maximum Gasteiger partial charge on any atom is 0.419 e. The third-order valence-electron chi connectivity index (χ3n) is 6.49. The van der Waals surface area contributed by atoms with Gasteiger partial charge in [-0.3, -0.25) is 4.79 Å². The van der Waals surface area contributed by atoms with Crippen molar-refractivity contribution in [2.45, 2.75) is 64.8 Å². The molecule has 0 unspecified atom stereocenters. The summed E-state index contributed by atoms with van der Waals surface area (Å²) in [5, 5.41) is 0. The predicted octanol–water partition coefficient (Wildman–Crippen LogP) is 4.55. The van der Waals surface area contributed by atoms with Crippen molar-refractivity contribution < 1.29 is 37.0 Å². The molecular formula is C21H25F3O5. The van der Waals surface area contributed by atoms with Crippen molar-refractivity contribution in [2.75, 3.05) is 7.11 Å². The highest BCUT2D eigenvalue weighted by atomic mass is 19.4. The van der Waals surface area contributed by atoms with Gasteiger partial charge in [-0.15, -0.1) is 0 Å². The van der Waals surface area contributed by atoms with Crippen molar-refractivity contribution in [3.63, 3.8) is 0 Å². The van der Waals surface area contributed by atoms with Crippen molar-refractivity contribution in [1.82, 2.24) is 0 Å². The summed E-state index contributed by atoms with van der Waals surface area (Å²) in [5.74, 6) is -1.62. The van der Waals surface area contributed by atoms with Gasteiger partial charge >= 0.3 is 18.1 Å². The largest absolute Gasteiger partial charge is 0.485 e. The maximum absolute atomic E-state index is 13.8. The number of rotatable bonds is 2. The Morgan fingerprint density at radius 3 is 2.41 bits per heavy atom. The highest BCUT2D eigenvalue weighted by molar-refractivity contribution is 5.90. The lowest BCUT2D eigenvalue weighted by Crippen LogP contribution is -2.62. The fourth-order valence-electron chi connectivity index (χ4n) is 4.83. The average Bonchev–Trinajstić information content (AvgIpc) is 3.01. The lowest BCUT2D eigenvalue weighted by atomic mass is 9.58. The molecular weight excluding hydrogens is 389 g/mol. The minimum atomic E-state index is -4.70. The van der Waals surface area contributed by atoms with Crippen LogP contribution in [0.15, 0.2) is 12.1 Å². The molecule has 1 heterocycles. The second-order valence-electron chi connectivity index (χ2n) is 8.47. The number of hydrogen-bond acceptors (Lipinski definition) is 5. The molecule has 0 amide bonds. The summed E-state index contributed by atoms with van der Waals surface area (Å²) in [6, 6.07) is 2.18. The van der Waals surface area contributed by atoms with Crippen LogP contribution < -0.4 is 4.74 Å². The molecule has 0 bridgehead atoms. The van der Waals surface area contributed by atoms with Crippen LogP contribution in [0.1, 0.15) is 62.0 Å². The van der Waals surface area contributed by atoms with Gasteiger partial charge in [-0.25, -0.2) is 4.79 Å². The van der Waals surface area contributed by atoms with E-state index in [1.165, 1.54) is 13.0 Å². The van der Waals surface area contributed by atoms with Crippen LogP contribution in [0.4, 0.5) is 13.2 Å². The van der Waals surface area contributed by atoms with Crippen LogP contribution in [0.2, 0.25) is 0 Å². The number of esters is 2. The summed E-state index contributed by atoms with van der Waals surface area (Å²) in [6.07, 6.45) is -3.76. The van der Waals surface area contributed by atoms with Gasteiger partial charge in [-0.2, -0.15) is 13.2 Å². The summed E-state index contributed by atoms with van der Waals surface area (Å²) in [6.45, 7) is 6.97. The first-order chi connectivity index (χ1) is 13.3. The van der Waals surface area contributed by atoms with E-state index in [4.69, 9.17) is 9.47 Å². The van der Waals surface area contributed by atoms with Gasteiger partial charge in [0.25, 0.3) is 0 Å². The SMILES string of the molecule is COC(=O)c1cc2c(c(C(F)(F)F)c1)O[C@@]1(C2)[C@H](C)CC[C@H](OC(C)=O)C1(C)C. The summed E-state index contributed by atoms with van der Waals surface area (Å²) in [4.78, 5) is 23.5. The molecule has 1 aromatic rings. The van der Waals surface area contributed by atoms with Crippen LogP contribution >= 0.6 is 0 Å². The Morgan fingerprint density at radius 2 is 1.86 bits per heavy atom. The number of alkyl halides is 3. The van der Waals surface area contributed by atoms with E-state index in [1.54, 1.807) is 0 Å². The second-order valence-corrected chi connectivity index (χ2v) is 8.47. The molecule has 0 radical (unpaired) electrons. The molecule has 5 nitrogen and oxygen atoms in total. The molecule has 1 fully saturated rings. The number of carbonyl (C=O) groups is 2. The fraction of sp³-hybridized carbons (Fsp3) is 0.619. The third-order valence-corrected chi connectivity index (χ3v) is 6.49. The molecule has 1 saturated carbocycles. The Hall–Kier alpha value is -2.25. The topological polar surface area (TPSA) is 61.8 Å². The monoisotopic (exact) mass is 414 g/mol. The molecule has 3 rings (SSSR count). The zero-order valence-corrected chi connectivity index (χ0v) is 17.1. The second kappa shape index (κ2) is 6.92. The molecule has 160 valence electrons. The van der Waals surface area contributed by atoms with Gasteiger partial charge in [0.2, 0.25) is 0 Å². The fourth-order valence-corrected chi connectivity index (χ4v) is 4.83. The molecule has 29 heavy (non-hydrogen) atoms. The van der Waals surface area contributed by atoms with Crippen molar-refractivity contribution in [3.05, 3.63) is 28.8 Å². The van der Waals surface area contributed by atoms with E-state index in [0.717, 1.165) is 13.2 Å². The van der Waals surface area contributed by atoms with Crippen LogP contribution in [0.5, 0.6) is 5.75 Å². The van der Waals surface area contributed by atoms with Crippen molar-refractivity contribution in [1.29, 1.82) is 0 Å². The summed E-state index contributed by atoms with van der Waals surface area (Å²) in [7, 11) is 1.12. The molecule has 1 aliphatic heterocycles. The number of ether oxygens (including phenoxy) is 3. The Labute approximate surface area is 167 Å². The summed E-state index contributed by atoms with van der Waals surface area (Å²) in [5.41, 5.74) is -2.60. The van der Waals surface area contributed by atoms with Crippen LogP contribution in [-0.4, -0.2) is 30.8 Å². The zero-order valence-electron chi connectivity index (χ0n) is 17.1. The predicted molar refractivity (Wildman–Crippen MR) is 97.6 cm³/mol. The number of methoxy groups -OCH3 is 1. The Kier molecular flexibility index (Phi) is 5.12. The molecule has 8 heteroatoms. The van der Waals surface area contributed by atoms with E-state index in [0.29, 0.717) is 18.4 Å². The highest BCUT2D eigenvalue weighted by Crippen LogP contribution is 2.58. The summed E-state index contributed by atoms with van der Waals surface area (Å²) < 4.78 is 57.6. The van der Waals surface area contributed by atoms with Crippen molar-refractivity contribution in [2.24, 2.45) is 11.3 Å². The first-order valence-corrected chi connectivity index (χ1v) is 9.52. The number of fused-ring (bicyclic) bond motifs is 1. The highest BCUT2D eigenvalue weighted by Gasteiger charge is 2.62. The quantitative estimate of drug-likeness (QED) is 0.665. The van der Waals surface area contributed by atoms with E-state index in [1.807, 2.05) is 20.8 Å². The van der Waals surface area contributed by atoms with E-state index in [2.05, 4.69) is 4.74 Å². The Bertz CT molecular complexity index is 845. The van der Waals surface area contributed by atoms with Gasteiger partial charge in [0, 0.05) is 18.8 Å². The number of hydrogen-bond donors (Lipinski definition) is 0. The maximum atomic E-state index is 13.8. The van der Waals surface area contributed by atoms with E-state index < -0.39 is 40.8 Å². The minimum absolute atomic E-state index is 0.0839. The van der Waals surface area contributed by atoms with Gasteiger partial charge in [0.15, 0.2) is 0 Å². The molecule has 1 aliphatic carbocycles. The standard InChI is InChI=1S/C21H25F3O5/c1-11-6-7-16(28-12(2)25)19(3,4)20(11)10-14-8-13(18(26)27-5)9-15(17(14)29-20)21(22,23)24/h8-9,11,16H,6-7,10H2,1-5H3/t11-,16+,20+/m1/s1. The van der Waals surface area contributed by atoms with Gasteiger partial charge in [-0.05, 0) is 36.5 Å². The molecule has 3 atom stereocenters. The minimum Gasteiger partial charge on any atom is -0.485 e. The van der Waals surface area contributed by atoms with Crippen LogP contribution in [0.25, 0.3) is 0 Å². The zero-order chi connectivity index (χ0) is 21.8. The first kappa shape index (κ1) is 21.5. The number of carbonyl (C=O) groups excluding carboxylic acids is 2. The van der Waals surface area contributed by atoms with E-state index >= 15 is 0 Å². The van der Waals surface area contributed by atoms with Crippen LogP contribution in [-0.2, 0) is 26.9 Å². The molecule has 0 N–H and O–H groups in total. The molecule has 0 saturated heterocycles. The number of halogens is 3. The number of benzene rings is 1. The van der Waals surface area contributed by atoms with Crippen LogP contribution in [0, 0.1) is 11.3 Å². The normalized spacial score (nSPS) is 27.9. The molecule has 1 spiro atoms. The van der Waals surface area contributed by atoms with Crippen molar-refractivity contribution in [3.8, 4) is 5.75 Å². The van der Waals surface area contributed by atoms with Gasteiger partial charge < -0.3 is 14.2 Å².